The molecular weight excluding hydrogens is 254 g/mol. The quantitative estimate of drug-likeness (QED) is 0.790. The zero-order valence-electron chi connectivity index (χ0n) is 8.77. The highest BCUT2D eigenvalue weighted by atomic mass is 79.9. The number of rotatable bonds is 3. The van der Waals surface area contributed by atoms with Crippen molar-refractivity contribution in [3.63, 3.8) is 0 Å². The number of hydrogen-bond donors (Lipinski definition) is 0. The van der Waals surface area contributed by atoms with Crippen molar-refractivity contribution in [2.75, 3.05) is 16.8 Å². The predicted octanol–water partition coefficient (Wildman–Crippen LogP) is 2.62. The van der Waals surface area contributed by atoms with Gasteiger partial charge >= 0.3 is 0 Å². The summed E-state index contributed by atoms with van der Waals surface area (Å²) in [7, 11) is 0. The molecule has 1 saturated heterocycles. The summed E-state index contributed by atoms with van der Waals surface area (Å²) in [6, 6.07) is 2.48. The Morgan fingerprint density at radius 3 is 2.87 bits per heavy atom. The molecule has 2 rings (SSSR count). The SMILES string of the molecule is BrCCC1CCCCN1c1ncccn1. The van der Waals surface area contributed by atoms with Gasteiger partial charge in [-0.15, -0.1) is 0 Å². The maximum absolute atomic E-state index is 4.33. The Balaban J connectivity index is 2.11. The van der Waals surface area contributed by atoms with E-state index < -0.39 is 0 Å². The smallest absolute Gasteiger partial charge is 0.225 e. The van der Waals surface area contributed by atoms with Crippen molar-refractivity contribution in [3.8, 4) is 0 Å². The van der Waals surface area contributed by atoms with Crippen molar-refractivity contribution in [2.45, 2.75) is 31.7 Å². The minimum absolute atomic E-state index is 0.612. The third-order valence-corrected chi connectivity index (χ3v) is 3.34. The summed E-state index contributed by atoms with van der Waals surface area (Å²) >= 11 is 3.52. The number of piperidine rings is 1. The molecule has 1 aromatic rings. The highest BCUT2D eigenvalue weighted by molar-refractivity contribution is 9.09. The lowest BCUT2D eigenvalue weighted by atomic mass is 10.0. The van der Waals surface area contributed by atoms with Crippen LogP contribution in [0.3, 0.4) is 0 Å². The summed E-state index contributed by atoms with van der Waals surface area (Å²) in [5, 5.41) is 1.06. The highest BCUT2D eigenvalue weighted by Gasteiger charge is 2.23. The maximum Gasteiger partial charge on any atom is 0.225 e. The minimum atomic E-state index is 0.612. The molecule has 0 amide bonds. The number of hydrogen-bond acceptors (Lipinski definition) is 3. The lowest BCUT2D eigenvalue weighted by Crippen LogP contribution is -2.40. The molecule has 0 saturated carbocycles. The Morgan fingerprint density at radius 2 is 2.13 bits per heavy atom. The molecule has 0 N–H and O–H groups in total. The van der Waals surface area contributed by atoms with Crippen LogP contribution >= 0.6 is 15.9 Å². The Morgan fingerprint density at radius 1 is 1.33 bits per heavy atom. The molecule has 0 radical (unpaired) electrons. The Bertz CT molecular complexity index is 289. The summed E-state index contributed by atoms with van der Waals surface area (Å²) in [5.41, 5.74) is 0. The first-order chi connectivity index (χ1) is 7.42. The van der Waals surface area contributed by atoms with Crippen LogP contribution in [0.4, 0.5) is 5.95 Å². The van der Waals surface area contributed by atoms with Crippen LogP contribution in [-0.2, 0) is 0 Å². The average molecular weight is 270 g/mol. The average Bonchev–Trinajstić information content (AvgIpc) is 2.31. The third-order valence-electron chi connectivity index (χ3n) is 2.88. The number of alkyl halides is 1. The molecule has 1 aliphatic heterocycles. The van der Waals surface area contributed by atoms with Crippen LogP contribution in [0.5, 0.6) is 0 Å². The predicted molar refractivity (Wildman–Crippen MR) is 65.4 cm³/mol. The van der Waals surface area contributed by atoms with Gasteiger partial charge in [0.15, 0.2) is 0 Å². The zero-order valence-corrected chi connectivity index (χ0v) is 10.4. The molecule has 0 aliphatic carbocycles. The number of anilines is 1. The molecule has 1 aromatic heterocycles. The van der Waals surface area contributed by atoms with Gasteiger partial charge in [-0.1, -0.05) is 15.9 Å². The van der Waals surface area contributed by atoms with Crippen molar-refractivity contribution in [3.05, 3.63) is 18.5 Å². The number of aromatic nitrogens is 2. The summed E-state index contributed by atoms with van der Waals surface area (Å²) in [6.07, 6.45) is 8.68. The maximum atomic E-state index is 4.33. The van der Waals surface area contributed by atoms with Crippen molar-refractivity contribution in [1.82, 2.24) is 9.97 Å². The van der Waals surface area contributed by atoms with Crippen molar-refractivity contribution < 1.29 is 0 Å². The van der Waals surface area contributed by atoms with E-state index >= 15 is 0 Å². The monoisotopic (exact) mass is 269 g/mol. The van der Waals surface area contributed by atoms with Crippen molar-refractivity contribution >= 4 is 21.9 Å². The van der Waals surface area contributed by atoms with E-state index in [9.17, 15) is 0 Å². The Kier molecular flexibility index (Phi) is 3.94. The van der Waals surface area contributed by atoms with Crippen LogP contribution in [0.25, 0.3) is 0 Å². The Labute approximate surface area is 99.0 Å². The fraction of sp³-hybridized carbons (Fsp3) is 0.636. The van der Waals surface area contributed by atoms with Gasteiger partial charge in [0.1, 0.15) is 0 Å². The molecule has 3 nitrogen and oxygen atoms in total. The summed E-state index contributed by atoms with van der Waals surface area (Å²) in [6.45, 7) is 1.10. The molecule has 4 heteroatoms. The van der Waals surface area contributed by atoms with Gasteiger partial charge in [-0.25, -0.2) is 9.97 Å². The van der Waals surface area contributed by atoms with E-state index in [2.05, 4.69) is 30.8 Å². The molecule has 0 aromatic carbocycles. The van der Waals surface area contributed by atoms with Crippen LogP contribution < -0.4 is 4.90 Å². The van der Waals surface area contributed by atoms with Gasteiger partial charge in [0.2, 0.25) is 5.95 Å². The van der Waals surface area contributed by atoms with Gasteiger partial charge in [0.25, 0.3) is 0 Å². The third kappa shape index (κ3) is 2.68. The lowest BCUT2D eigenvalue weighted by molar-refractivity contribution is 0.446. The van der Waals surface area contributed by atoms with Crippen molar-refractivity contribution in [1.29, 1.82) is 0 Å². The summed E-state index contributed by atoms with van der Waals surface area (Å²) in [4.78, 5) is 11.0. The fourth-order valence-electron chi connectivity index (χ4n) is 2.13. The molecule has 0 spiro atoms. The van der Waals surface area contributed by atoms with Crippen LogP contribution in [0.1, 0.15) is 25.7 Å². The lowest BCUT2D eigenvalue weighted by Gasteiger charge is -2.35. The molecular formula is C11H16BrN3. The molecule has 1 atom stereocenters. The summed E-state index contributed by atoms with van der Waals surface area (Å²) in [5.74, 6) is 0.892. The van der Waals surface area contributed by atoms with E-state index in [0.717, 1.165) is 17.8 Å². The van der Waals surface area contributed by atoms with Gasteiger partial charge in [-0.3, -0.25) is 0 Å². The molecule has 1 fully saturated rings. The topological polar surface area (TPSA) is 29.0 Å². The molecule has 1 unspecified atom stereocenters. The van der Waals surface area contributed by atoms with E-state index in [1.54, 1.807) is 0 Å². The van der Waals surface area contributed by atoms with E-state index in [1.165, 1.54) is 25.7 Å². The van der Waals surface area contributed by atoms with Crippen LogP contribution in [0.2, 0.25) is 0 Å². The first-order valence-electron chi connectivity index (χ1n) is 5.51. The highest BCUT2D eigenvalue weighted by Crippen LogP contribution is 2.23. The van der Waals surface area contributed by atoms with Gasteiger partial charge in [0.05, 0.1) is 0 Å². The first kappa shape index (κ1) is 10.9. The second-order valence-corrected chi connectivity index (χ2v) is 4.66. The fourth-order valence-corrected chi connectivity index (χ4v) is 2.66. The van der Waals surface area contributed by atoms with Gasteiger partial charge in [-0.05, 0) is 31.7 Å². The molecule has 15 heavy (non-hydrogen) atoms. The van der Waals surface area contributed by atoms with E-state index in [4.69, 9.17) is 0 Å². The van der Waals surface area contributed by atoms with E-state index in [1.807, 2.05) is 18.5 Å². The second kappa shape index (κ2) is 5.45. The molecule has 0 bridgehead atoms. The summed E-state index contributed by atoms with van der Waals surface area (Å²) < 4.78 is 0. The van der Waals surface area contributed by atoms with E-state index in [-0.39, 0.29) is 0 Å². The molecule has 1 aliphatic rings. The first-order valence-corrected chi connectivity index (χ1v) is 6.63. The molecule has 82 valence electrons. The standard InChI is InChI=1S/C11H16BrN3/c12-6-5-10-4-1-2-9-15(10)11-13-7-3-8-14-11/h3,7-8,10H,1-2,4-6,9H2. The minimum Gasteiger partial charge on any atom is -0.338 e. The van der Waals surface area contributed by atoms with Gasteiger partial charge in [0, 0.05) is 30.3 Å². The Hall–Kier alpha value is -0.640. The molecule has 2 heterocycles. The largest absolute Gasteiger partial charge is 0.338 e. The van der Waals surface area contributed by atoms with Crippen LogP contribution in [0, 0.1) is 0 Å². The normalized spacial score (nSPS) is 21.7. The van der Waals surface area contributed by atoms with E-state index in [0.29, 0.717) is 6.04 Å². The van der Waals surface area contributed by atoms with Crippen molar-refractivity contribution in [2.24, 2.45) is 0 Å². The zero-order chi connectivity index (χ0) is 10.5. The van der Waals surface area contributed by atoms with Gasteiger partial charge in [-0.2, -0.15) is 0 Å². The van der Waals surface area contributed by atoms with Crippen LogP contribution in [-0.4, -0.2) is 27.9 Å². The van der Waals surface area contributed by atoms with Crippen LogP contribution in [0.15, 0.2) is 18.5 Å². The van der Waals surface area contributed by atoms with Gasteiger partial charge < -0.3 is 4.90 Å². The number of nitrogens with zero attached hydrogens (tertiary/aromatic N) is 3. The second-order valence-electron chi connectivity index (χ2n) is 3.87. The number of halogens is 1.